The zero-order valence-corrected chi connectivity index (χ0v) is 10.4. The predicted molar refractivity (Wildman–Crippen MR) is 64.8 cm³/mol. The van der Waals surface area contributed by atoms with Gasteiger partial charge in [0.05, 0.1) is 18.2 Å². The van der Waals surface area contributed by atoms with Gasteiger partial charge < -0.3 is 9.64 Å². The van der Waals surface area contributed by atoms with Crippen molar-refractivity contribution in [1.82, 2.24) is 4.90 Å². The van der Waals surface area contributed by atoms with Gasteiger partial charge in [-0.05, 0) is 17.7 Å². The van der Waals surface area contributed by atoms with Crippen LogP contribution >= 0.6 is 0 Å². The van der Waals surface area contributed by atoms with E-state index in [2.05, 4.69) is 4.74 Å². The summed E-state index contributed by atoms with van der Waals surface area (Å²) in [6.45, 7) is 0. The Hall–Kier alpha value is -2.35. The highest BCUT2D eigenvalue weighted by Gasteiger charge is 2.14. The molecule has 1 aromatic rings. The fraction of sp³-hybridized carbons (Fsp3) is 0.231. The molecule has 1 rings (SSSR count). The summed E-state index contributed by atoms with van der Waals surface area (Å²) in [5, 5.41) is 8.64. The van der Waals surface area contributed by atoms with Crippen LogP contribution in [0.2, 0.25) is 0 Å². The van der Waals surface area contributed by atoms with E-state index in [1.54, 1.807) is 25.1 Å². The number of benzene rings is 1. The van der Waals surface area contributed by atoms with Gasteiger partial charge in [0.25, 0.3) is 0 Å². The first-order valence-corrected chi connectivity index (χ1v) is 5.16. The van der Waals surface area contributed by atoms with E-state index in [0.717, 1.165) is 6.07 Å². The van der Waals surface area contributed by atoms with Crippen LogP contribution in [0.1, 0.15) is 11.1 Å². The Kier molecular flexibility index (Phi) is 4.44. The second kappa shape index (κ2) is 5.82. The van der Waals surface area contributed by atoms with E-state index in [1.165, 1.54) is 25.4 Å². The first-order chi connectivity index (χ1) is 8.49. The molecule has 0 aromatic heterocycles. The number of halogens is 1. The zero-order valence-electron chi connectivity index (χ0n) is 10.4. The first-order valence-electron chi connectivity index (χ1n) is 5.16. The van der Waals surface area contributed by atoms with Gasteiger partial charge in [0.15, 0.2) is 0 Å². The maximum absolute atomic E-state index is 13.5. The van der Waals surface area contributed by atoms with E-state index < -0.39 is 11.8 Å². The molecule has 94 valence electrons. The fourth-order valence-corrected chi connectivity index (χ4v) is 1.39. The van der Waals surface area contributed by atoms with E-state index in [0.29, 0.717) is 5.56 Å². The molecular formula is C13H13FN2O2. The number of carbonyl (C=O) groups is 1. The summed E-state index contributed by atoms with van der Waals surface area (Å²) in [6, 6.07) is 5.71. The van der Waals surface area contributed by atoms with Gasteiger partial charge in [0, 0.05) is 20.3 Å². The third-order valence-corrected chi connectivity index (χ3v) is 2.19. The molecule has 0 heterocycles. The Morgan fingerprint density at radius 2 is 2.17 bits per heavy atom. The van der Waals surface area contributed by atoms with E-state index in [4.69, 9.17) is 5.26 Å². The monoisotopic (exact) mass is 248 g/mol. The Labute approximate surface area is 105 Å². The Morgan fingerprint density at radius 1 is 1.50 bits per heavy atom. The predicted octanol–water partition coefficient (Wildman–Crippen LogP) is 1.77. The number of ether oxygens (including phenoxy) is 1. The van der Waals surface area contributed by atoms with Crippen molar-refractivity contribution in [2.45, 2.75) is 0 Å². The third kappa shape index (κ3) is 3.08. The number of esters is 1. The molecule has 0 amide bonds. The van der Waals surface area contributed by atoms with Crippen LogP contribution < -0.4 is 0 Å². The lowest BCUT2D eigenvalue weighted by molar-refractivity contribution is -0.133. The van der Waals surface area contributed by atoms with Crippen LogP contribution in [0.3, 0.4) is 0 Å². The number of methoxy groups -OCH3 is 1. The van der Waals surface area contributed by atoms with Crippen LogP contribution in [-0.4, -0.2) is 32.1 Å². The number of nitrogens with zero attached hydrogens (tertiary/aromatic N) is 2. The van der Waals surface area contributed by atoms with Gasteiger partial charge in [-0.3, -0.25) is 0 Å². The number of nitriles is 1. The minimum absolute atomic E-state index is 0.0622. The molecule has 1 aromatic carbocycles. The number of hydrogen-bond donors (Lipinski definition) is 0. The summed E-state index contributed by atoms with van der Waals surface area (Å²) in [5.41, 5.74) is 0.533. The average molecular weight is 248 g/mol. The van der Waals surface area contributed by atoms with E-state index in [1.807, 2.05) is 0 Å². The van der Waals surface area contributed by atoms with Gasteiger partial charge in [0.1, 0.15) is 11.9 Å². The van der Waals surface area contributed by atoms with Crippen LogP contribution in [0, 0.1) is 17.1 Å². The molecule has 0 saturated heterocycles. The zero-order chi connectivity index (χ0) is 13.7. The lowest BCUT2D eigenvalue weighted by Crippen LogP contribution is -2.10. The van der Waals surface area contributed by atoms with Crippen LogP contribution in [-0.2, 0) is 9.53 Å². The lowest BCUT2D eigenvalue weighted by atomic mass is 10.0. The summed E-state index contributed by atoms with van der Waals surface area (Å²) in [4.78, 5) is 13.3. The summed E-state index contributed by atoms with van der Waals surface area (Å²) < 4.78 is 18.1. The smallest absolute Gasteiger partial charge is 0.339 e. The van der Waals surface area contributed by atoms with Gasteiger partial charge in [0.2, 0.25) is 0 Å². The maximum Gasteiger partial charge on any atom is 0.339 e. The van der Waals surface area contributed by atoms with Crippen LogP contribution in [0.4, 0.5) is 4.39 Å². The maximum atomic E-state index is 13.5. The SMILES string of the molecule is COC(=O)/C(=C\N(C)C)c1ccc(C#N)c(F)c1. The fourth-order valence-electron chi connectivity index (χ4n) is 1.39. The highest BCUT2D eigenvalue weighted by atomic mass is 19.1. The summed E-state index contributed by atoms with van der Waals surface area (Å²) in [5.74, 6) is -1.23. The van der Waals surface area contributed by atoms with Gasteiger partial charge in [-0.25, -0.2) is 9.18 Å². The summed E-state index contributed by atoms with van der Waals surface area (Å²) >= 11 is 0. The molecule has 0 saturated carbocycles. The van der Waals surface area contributed by atoms with Crippen molar-refractivity contribution in [3.05, 3.63) is 41.3 Å². The number of rotatable bonds is 3. The van der Waals surface area contributed by atoms with Crippen LogP contribution in [0.5, 0.6) is 0 Å². The molecule has 0 bridgehead atoms. The molecule has 0 spiro atoms. The van der Waals surface area contributed by atoms with Crippen molar-refractivity contribution in [3.63, 3.8) is 0 Å². The van der Waals surface area contributed by atoms with Crippen molar-refractivity contribution in [2.24, 2.45) is 0 Å². The molecule has 0 aliphatic carbocycles. The quantitative estimate of drug-likeness (QED) is 0.604. The first kappa shape index (κ1) is 13.7. The van der Waals surface area contributed by atoms with Crippen molar-refractivity contribution >= 4 is 11.5 Å². The highest BCUT2D eigenvalue weighted by molar-refractivity contribution is 6.16. The van der Waals surface area contributed by atoms with Crippen molar-refractivity contribution in [2.75, 3.05) is 21.2 Å². The molecule has 4 nitrogen and oxygen atoms in total. The number of carbonyl (C=O) groups excluding carboxylic acids is 1. The van der Waals surface area contributed by atoms with Gasteiger partial charge in [-0.15, -0.1) is 0 Å². The second-order valence-electron chi connectivity index (χ2n) is 3.80. The molecular weight excluding hydrogens is 235 g/mol. The molecule has 0 N–H and O–H groups in total. The Balaban J connectivity index is 3.27. The number of hydrogen-bond acceptors (Lipinski definition) is 4. The van der Waals surface area contributed by atoms with E-state index in [-0.39, 0.29) is 11.1 Å². The largest absolute Gasteiger partial charge is 0.465 e. The van der Waals surface area contributed by atoms with Crippen molar-refractivity contribution < 1.29 is 13.9 Å². The minimum atomic E-state index is -0.663. The second-order valence-corrected chi connectivity index (χ2v) is 3.80. The molecule has 0 aliphatic rings. The molecule has 0 unspecified atom stereocenters. The molecule has 0 radical (unpaired) electrons. The standard InChI is InChI=1S/C13H13FN2O2/c1-16(2)8-11(13(17)18-3)9-4-5-10(7-15)12(14)6-9/h4-6,8H,1-3H3/b11-8-. The molecule has 5 heteroatoms. The normalized spacial score (nSPS) is 10.7. The van der Waals surface area contributed by atoms with Crippen LogP contribution in [0.15, 0.2) is 24.4 Å². The topological polar surface area (TPSA) is 53.3 Å². The van der Waals surface area contributed by atoms with Crippen LogP contribution in [0.25, 0.3) is 5.57 Å². The molecule has 0 atom stereocenters. The lowest BCUT2D eigenvalue weighted by Gasteiger charge is -2.11. The van der Waals surface area contributed by atoms with E-state index in [9.17, 15) is 9.18 Å². The Bertz CT molecular complexity index is 530. The van der Waals surface area contributed by atoms with E-state index >= 15 is 0 Å². The Morgan fingerprint density at radius 3 is 2.61 bits per heavy atom. The summed E-state index contributed by atoms with van der Waals surface area (Å²) in [7, 11) is 4.73. The van der Waals surface area contributed by atoms with Gasteiger partial charge >= 0.3 is 5.97 Å². The molecule has 18 heavy (non-hydrogen) atoms. The van der Waals surface area contributed by atoms with Gasteiger partial charge in [-0.2, -0.15) is 5.26 Å². The molecule has 0 aliphatic heterocycles. The third-order valence-electron chi connectivity index (χ3n) is 2.19. The molecule has 0 fully saturated rings. The van der Waals surface area contributed by atoms with Crippen molar-refractivity contribution in [1.29, 1.82) is 5.26 Å². The minimum Gasteiger partial charge on any atom is -0.465 e. The van der Waals surface area contributed by atoms with Crippen molar-refractivity contribution in [3.8, 4) is 6.07 Å². The average Bonchev–Trinajstić information content (AvgIpc) is 2.34. The highest BCUT2D eigenvalue weighted by Crippen LogP contribution is 2.19. The van der Waals surface area contributed by atoms with Gasteiger partial charge in [-0.1, -0.05) is 6.07 Å². The summed E-state index contributed by atoms with van der Waals surface area (Å²) in [6.07, 6.45) is 1.53.